The molecule has 2 aromatic carbocycles. The summed E-state index contributed by atoms with van der Waals surface area (Å²) in [5.41, 5.74) is 0.163. The Morgan fingerprint density at radius 2 is 1.81 bits per heavy atom. The summed E-state index contributed by atoms with van der Waals surface area (Å²) in [6.07, 6.45) is 0.774. The number of para-hydroxylation sites is 1. The summed E-state index contributed by atoms with van der Waals surface area (Å²) in [5, 5.41) is 8.74. The maximum Gasteiger partial charge on any atom is 0.338 e. The summed E-state index contributed by atoms with van der Waals surface area (Å²) >= 11 is 0. The van der Waals surface area contributed by atoms with Crippen molar-refractivity contribution >= 4 is 22.6 Å². The number of hydrogen-bond donors (Lipinski definition) is 0. The Balaban J connectivity index is 1.73. The first kappa shape index (κ1) is 20.6. The highest BCUT2D eigenvalue weighted by molar-refractivity contribution is 5.89. The molecule has 0 unspecified atom stereocenters. The van der Waals surface area contributed by atoms with E-state index in [9.17, 15) is 18.4 Å². The highest BCUT2D eigenvalue weighted by Gasteiger charge is 2.18. The van der Waals surface area contributed by atoms with Crippen LogP contribution in [0, 0.1) is 17.6 Å². The van der Waals surface area contributed by atoms with Crippen molar-refractivity contribution in [2.24, 2.45) is 5.92 Å². The van der Waals surface area contributed by atoms with E-state index in [2.05, 4.69) is 24.0 Å². The van der Waals surface area contributed by atoms with Gasteiger partial charge in [0, 0.05) is 12.6 Å². The summed E-state index contributed by atoms with van der Waals surface area (Å²) in [6.45, 7) is 4.30. The zero-order chi connectivity index (χ0) is 22.1. The van der Waals surface area contributed by atoms with Gasteiger partial charge in [0.15, 0.2) is 12.4 Å². The van der Waals surface area contributed by atoms with Crippen molar-refractivity contribution in [3.05, 3.63) is 75.8 Å². The number of benzene rings is 2. The third kappa shape index (κ3) is 4.03. The lowest BCUT2D eigenvalue weighted by Gasteiger charge is -2.12. The normalized spacial score (nSPS) is 11.5. The number of aromatic nitrogens is 4. The van der Waals surface area contributed by atoms with E-state index >= 15 is 0 Å². The SMILES string of the molecule is CC(C)CCn1c(=O)c2ccccc2n2c(COC(=O)c3cc(F)cc(F)c3)nnc12. The van der Waals surface area contributed by atoms with Gasteiger partial charge in [0.05, 0.1) is 16.5 Å². The second kappa shape index (κ2) is 8.25. The second-order valence-electron chi connectivity index (χ2n) is 7.64. The van der Waals surface area contributed by atoms with E-state index in [-0.39, 0.29) is 23.6 Å². The third-order valence-corrected chi connectivity index (χ3v) is 4.94. The summed E-state index contributed by atoms with van der Waals surface area (Å²) in [6, 6.07) is 9.49. The van der Waals surface area contributed by atoms with Crippen LogP contribution in [0.15, 0.2) is 47.3 Å². The summed E-state index contributed by atoms with van der Waals surface area (Å²) in [5.74, 6) is -1.64. The van der Waals surface area contributed by atoms with Crippen molar-refractivity contribution in [2.45, 2.75) is 33.4 Å². The number of rotatable bonds is 6. The minimum atomic E-state index is -0.896. The number of esters is 1. The Hall–Kier alpha value is -3.62. The standard InChI is InChI=1S/C22H20F2N4O3/c1-13(2)7-8-27-20(29)17-5-3-4-6-18(17)28-19(25-26-22(27)28)12-31-21(30)14-9-15(23)11-16(24)10-14/h3-6,9-11,13H,7-8,12H2,1-2H3. The fraction of sp³-hybridized carbons (Fsp3) is 0.273. The molecule has 31 heavy (non-hydrogen) atoms. The molecule has 0 aliphatic rings. The zero-order valence-corrected chi connectivity index (χ0v) is 17.0. The molecule has 0 spiro atoms. The molecule has 0 radical (unpaired) electrons. The molecular weight excluding hydrogens is 406 g/mol. The predicted molar refractivity (Wildman–Crippen MR) is 110 cm³/mol. The van der Waals surface area contributed by atoms with Crippen LogP contribution >= 0.6 is 0 Å². The molecule has 160 valence electrons. The number of halogens is 2. The van der Waals surface area contributed by atoms with Crippen molar-refractivity contribution in [1.29, 1.82) is 0 Å². The van der Waals surface area contributed by atoms with Gasteiger partial charge in [-0.3, -0.25) is 13.8 Å². The van der Waals surface area contributed by atoms with Crippen LogP contribution in [0.25, 0.3) is 16.7 Å². The minimum absolute atomic E-state index is 0.171. The lowest BCUT2D eigenvalue weighted by atomic mass is 10.1. The molecule has 2 aromatic heterocycles. The molecule has 0 amide bonds. The molecular formula is C22H20F2N4O3. The highest BCUT2D eigenvalue weighted by atomic mass is 19.1. The Labute approximate surface area is 175 Å². The van der Waals surface area contributed by atoms with Gasteiger partial charge in [0.2, 0.25) is 5.78 Å². The minimum Gasteiger partial charge on any atom is -0.454 e. The van der Waals surface area contributed by atoms with E-state index in [1.807, 2.05) is 0 Å². The van der Waals surface area contributed by atoms with E-state index in [0.29, 0.717) is 35.2 Å². The third-order valence-electron chi connectivity index (χ3n) is 4.94. The molecule has 0 bridgehead atoms. The largest absolute Gasteiger partial charge is 0.454 e. The smallest absolute Gasteiger partial charge is 0.338 e. The molecule has 0 aliphatic heterocycles. The zero-order valence-electron chi connectivity index (χ0n) is 17.0. The van der Waals surface area contributed by atoms with Crippen LogP contribution in [0.1, 0.15) is 36.5 Å². The Morgan fingerprint density at radius 1 is 1.10 bits per heavy atom. The summed E-state index contributed by atoms with van der Waals surface area (Å²) < 4.78 is 35.2. The fourth-order valence-corrected chi connectivity index (χ4v) is 3.38. The fourth-order valence-electron chi connectivity index (χ4n) is 3.38. The molecule has 4 rings (SSSR count). The molecule has 0 saturated heterocycles. The number of hydrogen-bond acceptors (Lipinski definition) is 5. The van der Waals surface area contributed by atoms with Gasteiger partial charge in [-0.05, 0) is 36.6 Å². The first-order valence-corrected chi connectivity index (χ1v) is 9.84. The number of aryl methyl sites for hydroxylation is 1. The van der Waals surface area contributed by atoms with Gasteiger partial charge in [-0.2, -0.15) is 0 Å². The molecule has 0 atom stereocenters. The molecule has 0 aliphatic carbocycles. The van der Waals surface area contributed by atoms with Gasteiger partial charge in [-0.1, -0.05) is 26.0 Å². The van der Waals surface area contributed by atoms with Crippen molar-refractivity contribution in [2.75, 3.05) is 0 Å². The molecule has 0 N–H and O–H groups in total. The van der Waals surface area contributed by atoms with Gasteiger partial charge in [-0.25, -0.2) is 13.6 Å². The van der Waals surface area contributed by atoms with Gasteiger partial charge >= 0.3 is 5.97 Å². The van der Waals surface area contributed by atoms with Crippen LogP contribution in [0.4, 0.5) is 8.78 Å². The van der Waals surface area contributed by atoms with Crippen molar-refractivity contribution < 1.29 is 18.3 Å². The van der Waals surface area contributed by atoms with E-state index < -0.39 is 17.6 Å². The van der Waals surface area contributed by atoms with E-state index in [4.69, 9.17) is 4.74 Å². The van der Waals surface area contributed by atoms with Crippen molar-refractivity contribution in [3.8, 4) is 0 Å². The Kier molecular flexibility index (Phi) is 5.50. The summed E-state index contributed by atoms with van der Waals surface area (Å²) in [7, 11) is 0. The van der Waals surface area contributed by atoms with Crippen molar-refractivity contribution in [3.63, 3.8) is 0 Å². The number of carbonyl (C=O) groups excluding carboxylic acids is 1. The Bertz CT molecular complexity index is 1320. The van der Waals surface area contributed by atoms with Crippen molar-refractivity contribution in [1.82, 2.24) is 19.2 Å². The molecule has 4 aromatic rings. The van der Waals surface area contributed by atoms with Crippen LogP contribution in [0.5, 0.6) is 0 Å². The lowest BCUT2D eigenvalue weighted by Crippen LogP contribution is -2.24. The Morgan fingerprint density at radius 3 is 2.52 bits per heavy atom. The van der Waals surface area contributed by atoms with Gasteiger partial charge in [-0.15, -0.1) is 10.2 Å². The number of ether oxygens (including phenoxy) is 1. The lowest BCUT2D eigenvalue weighted by molar-refractivity contribution is 0.0460. The van der Waals surface area contributed by atoms with Crippen LogP contribution in [0.2, 0.25) is 0 Å². The highest BCUT2D eigenvalue weighted by Crippen LogP contribution is 2.17. The molecule has 2 heterocycles. The summed E-state index contributed by atoms with van der Waals surface area (Å²) in [4.78, 5) is 25.3. The van der Waals surface area contributed by atoms with Crippen LogP contribution in [-0.2, 0) is 17.9 Å². The molecule has 0 saturated carbocycles. The number of fused-ring (bicyclic) bond motifs is 3. The predicted octanol–water partition coefficient (Wildman–Crippen LogP) is 3.73. The van der Waals surface area contributed by atoms with E-state index in [1.165, 1.54) is 0 Å². The second-order valence-corrected chi connectivity index (χ2v) is 7.64. The number of nitrogens with zero attached hydrogens (tertiary/aromatic N) is 4. The van der Waals surface area contributed by atoms with Crippen LogP contribution in [-0.4, -0.2) is 25.1 Å². The monoisotopic (exact) mass is 426 g/mol. The first-order valence-electron chi connectivity index (χ1n) is 9.84. The average Bonchev–Trinajstić information content (AvgIpc) is 3.15. The molecule has 0 fully saturated rings. The van der Waals surface area contributed by atoms with E-state index in [1.54, 1.807) is 33.2 Å². The van der Waals surface area contributed by atoms with Crippen LogP contribution < -0.4 is 5.56 Å². The van der Waals surface area contributed by atoms with Gasteiger partial charge < -0.3 is 4.74 Å². The topological polar surface area (TPSA) is 78.5 Å². The average molecular weight is 426 g/mol. The van der Waals surface area contributed by atoms with Gasteiger partial charge in [0.25, 0.3) is 5.56 Å². The maximum atomic E-state index is 13.4. The maximum absolute atomic E-state index is 13.4. The number of carbonyl (C=O) groups is 1. The molecule has 9 heteroatoms. The molecule has 7 nitrogen and oxygen atoms in total. The first-order chi connectivity index (χ1) is 14.8. The van der Waals surface area contributed by atoms with Gasteiger partial charge in [0.1, 0.15) is 11.6 Å². The van der Waals surface area contributed by atoms with E-state index in [0.717, 1.165) is 18.6 Å². The quantitative estimate of drug-likeness (QED) is 0.439. The van der Waals surface area contributed by atoms with Crippen LogP contribution in [0.3, 0.4) is 0 Å².